The molecule has 0 aromatic heterocycles. The quantitative estimate of drug-likeness (QED) is 0.259. The Morgan fingerprint density at radius 2 is 1.97 bits per heavy atom. The van der Waals surface area contributed by atoms with E-state index in [1.807, 2.05) is 31.2 Å². The number of halogens is 1. The molecule has 1 heterocycles. The second-order valence-electron chi connectivity index (χ2n) is 10.2. The molecule has 0 unspecified atom stereocenters. The lowest BCUT2D eigenvalue weighted by Gasteiger charge is -2.44. The van der Waals surface area contributed by atoms with Crippen LogP contribution >= 0.6 is 0 Å². The maximum atomic E-state index is 15.5. The van der Waals surface area contributed by atoms with Crippen LogP contribution in [0.3, 0.4) is 0 Å². The normalized spacial score (nSPS) is 17.7. The summed E-state index contributed by atoms with van der Waals surface area (Å²) in [4.78, 5) is 36.9. The fourth-order valence-electron chi connectivity index (χ4n) is 5.46. The molecular weight excluding hydrogens is 503 g/mol. The number of rotatable bonds is 12. The number of nitrogens with zero attached hydrogens (tertiary/aromatic N) is 1. The van der Waals surface area contributed by atoms with Gasteiger partial charge in [-0.15, -0.1) is 0 Å². The molecule has 39 heavy (non-hydrogen) atoms. The number of amides is 3. The van der Waals surface area contributed by atoms with Crippen LogP contribution in [0.2, 0.25) is 0 Å². The average molecular weight is 543 g/mol. The van der Waals surface area contributed by atoms with Crippen LogP contribution in [0.25, 0.3) is 11.1 Å². The minimum atomic E-state index is -1.56. The number of primary amides is 1. The number of nitrogens with one attached hydrogen (secondary N) is 1. The molecule has 3 rings (SSSR count). The zero-order valence-electron chi connectivity index (χ0n) is 22.4. The summed E-state index contributed by atoms with van der Waals surface area (Å²) < 4.78 is 15.5. The fourth-order valence-corrected chi connectivity index (χ4v) is 5.46. The lowest BCUT2D eigenvalue weighted by atomic mass is 9.72. The number of carbonyl (C=O) groups is 3. The summed E-state index contributed by atoms with van der Waals surface area (Å²) in [5.41, 5.74) is 12.1. The van der Waals surface area contributed by atoms with Gasteiger partial charge < -0.3 is 31.9 Å². The van der Waals surface area contributed by atoms with Gasteiger partial charge in [0.1, 0.15) is 5.82 Å². The highest BCUT2D eigenvalue weighted by Crippen LogP contribution is 2.44. The van der Waals surface area contributed by atoms with E-state index in [1.54, 1.807) is 17.0 Å². The summed E-state index contributed by atoms with van der Waals surface area (Å²) in [5.74, 6) is -1.80. The number of aryl methyl sites for hydroxylation is 1. The van der Waals surface area contributed by atoms with E-state index in [0.29, 0.717) is 42.5 Å². The molecule has 3 atom stereocenters. The molecule has 1 aliphatic heterocycles. The molecule has 7 N–H and O–H groups in total. The number of piperidine rings is 1. The Labute approximate surface area is 228 Å². The highest BCUT2D eigenvalue weighted by atomic mass is 19.1. The maximum Gasteiger partial charge on any atom is 0.404 e. The molecule has 0 saturated carbocycles. The SMILES string of the molecule is CCc1cccc(-c2c(F)cccc2[C@](O)(CCCNC(=O)O)[C@@H]2CCCN(C(=O)[C@H](N)CCC(N)=O)C2)c1. The van der Waals surface area contributed by atoms with E-state index in [-0.39, 0.29) is 38.3 Å². The van der Waals surface area contributed by atoms with Gasteiger partial charge in [-0.05, 0) is 61.3 Å². The van der Waals surface area contributed by atoms with Gasteiger partial charge in [0, 0.05) is 37.5 Å². The Morgan fingerprint density at radius 3 is 2.67 bits per heavy atom. The third kappa shape index (κ3) is 7.54. The van der Waals surface area contributed by atoms with Crippen LogP contribution < -0.4 is 16.8 Å². The molecule has 1 saturated heterocycles. The summed E-state index contributed by atoms with van der Waals surface area (Å²) in [6.45, 7) is 2.76. The minimum absolute atomic E-state index is 0.00579. The summed E-state index contributed by atoms with van der Waals surface area (Å²) in [5, 5.41) is 23.7. The molecule has 0 bridgehead atoms. The van der Waals surface area contributed by atoms with Crippen molar-refractivity contribution in [3.05, 3.63) is 59.4 Å². The van der Waals surface area contributed by atoms with Gasteiger partial charge >= 0.3 is 6.09 Å². The molecule has 1 aliphatic rings. The third-order valence-electron chi connectivity index (χ3n) is 7.54. The van der Waals surface area contributed by atoms with Gasteiger partial charge in [-0.3, -0.25) is 9.59 Å². The molecular formula is C29H39FN4O5. The van der Waals surface area contributed by atoms with Crippen LogP contribution in [0.4, 0.5) is 9.18 Å². The first kappa shape index (κ1) is 30.0. The van der Waals surface area contributed by atoms with E-state index in [0.717, 1.165) is 12.0 Å². The summed E-state index contributed by atoms with van der Waals surface area (Å²) in [6, 6.07) is 11.3. The number of likely N-dealkylation sites (tertiary alicyclic amines) is 1. The van der Waals surface area contributed by atoms with Crippen LogP contribution in [0.15, 0.2) is 42.5 Å². The van der Waals surface area contributed by atoms with Gasteiger partial charge in [-0.2, -0.15) is 0 Å². The van der Waals surface area contributed by atoms with Crippen molar-refractivity contribution in [2.75, 3.05) is 19.6 Å². The molecule has 2 aromatic carbocycles. The zero-order chi connectivity index (χ0) is 28.6. The topological polar surface area (TPSA) is 159 Å². The molecule has 1 fully saturated rings. The van der Waals surface area contributed by atoms with Gasteiger partial charge in [-0.25, -0.2) is 9.18 Å². The predicted molar refractivity (Wildman–Crippen MR) is 146 cm³/mol. The number of carboxylic acid groups (broad SMARTS) is 1. The standard InChI is InChI=1S/C29H39FN4O5/c1-2-19-7-3-8-20(17-19)26-22(10-4-11-23(26)30)29(39,14-6-15-33-28(37)38)21-9-5-16-34(18-21)27(36)24(31)12-13-25(32)35/h3-4,7-8,10-11,17,21,24,33,39H,2,5-6,9,12-16,18,31H2,1H3,(H2,32,35)(H,37,38)/t21-,24-,29+/m1/s1. The van der Waals surface area contributed by atoms with Crippen molar-refractivity contribution in [3.8, 4) is 11.1 Å². The van der Waals surface area contributed by atoms with E-state index in [1.165, 1.54) is 6.07 Å². The fraction of sp³-hybridized carbons (Fsp3) is 0.483. The highest BCUT2D eigenvalue weighted by molar-refractivity contribution is 5.83. The Hall–Kier alpha value is -3.50. The van der Waals surface area contributed by atoms with Crippen molar-refractivity contribution in [1.29, 1.82) is 0 Å². The monoisotopic (exact) mass is 542 g/mol. The number of benzene rings is 2. The van der Waals surface area contributed by atoms with Gasteiger partial charge in [0.15, 0.2) is 0 Å². The molecule has 0 radical (unpaired) electrons. The Bertz CT molecular complexity index is 1180. The largest absolute Gasteiger partial charge is 0.465 e. The second kappa shape index (κ2) is 13.5. The molecule has 3 amide bonds. The lowest BCUT2D eigenvalue weighted by molar-refractivity contribution is -0.138. The number of aliphatic hydroxyl groups is 1. The number of hydrogen-bond acceptors (Lipinski definition) is 5. The summed E-state index contributed by atoms with van der Waals surface area (Å²) in [7, 11) is 0. The molecule has 0 aliphatic carbocycles. The predicted octanol–water partition coefficient (Wildman–Crippen LogP) is 3.12. The summed E-state index contributed by atoms with van der Waals surface area (Å²) in [6.07, 6.45) is 1.35. The summed E-state index contributed by atoms with van der Waals surface area (Å²) >= 11 is 0. The van der Waals surface area contributed by atoms with E-state index >= 15 is 4.39 Å². The first-order chi connectivity index (χ1) is 18.6. The maximum absolute atomic E-state index is 15.5. The van der Waals surface area contributed by atoms with Crippen molar-refractivity contribution in [2.45, 2.75) is 63.5 Å². The zero-order valence-corrected chi connectivity index (χ0v) is 22.4. The van der Waals surface area contributed by atoms with Crippen LogP contribution in [-0.4, -0.2) is 58.7 Å². The highest BCUT2D eigenvalue weighted by Gasteiger charge is 2.43. The second-order valence-corrected chi connectivity index (χ2v) is 10.2. The lowest BCUT2D eigenvalue weighted by Crippen LogP contribution is -2.52. The molecule has 9 nitrogen and oxygen atoms in total. The molecule has 0 spiro atoms. The molecule has 10 heteroatoms. The number of nitrogens with two attached hydrogens (primary N) is 2. The molecule has 212 valence electrons. The van der Waals surface area contributed by atoms with E-state index in [2.05, 4.69) is 5.32 Å². The number of carbonyl (C=O) groups excluding carboxylic acids is 2. The first-order valence-electron chi connectivity index (χ1n) is 13.5. The molecule has 2 aromatic rings. The van der Waals surface area contributed by atoms with Crippen molar-refractivity contribution >= 4 is 17.9 Å². The van der Waals surface area contributed by atoms with Crippen molar-refractivity contribution in [1.82, 2.24) is 10.2 Å². The van der Waals surface area contributed by atoms with Gasteiger partial charge in [0.05, 0.1) is 11.6 Å². The van der Waals surface area contributed by atoms with Crippen molar-refractivity contribution in [2.24, 2.45) is 17.4 Å². The Kier molecular flexibility index (Phi) is 10.4. The van der Waals surface area contributed by atoms with Gasteiger partial charge in [-0.1, -0.05) is 43.3 Å². The van der Waals surface area contributed by atoms with Crippen molar-refractivity contribution < 1.29 is 29.0 Å². The van der Waals surface area contributed by atoms with Crippen LogP contribution in [0, 0.1) is 11.7 Å². The smallest absolute Gasteiger partial charge is 0.404 e. The van der Waals surface area contributed by atoms with Crippen molar-refractivity contribution in [3.63, 3.8) is 0 Å². The van der Waals surface area contributed by atoms with E-state index in [4.69, 9.17) is 16.6 Å². The van der Waals surface area contributed by atoms with Crippen LogP contribution in [0.1, 0.15) is 56.6 Å². The van der Waals surface area contributed by atoms with Crippen LogP contribution in [0.5, 0.6) is 0 Å². The Morgan fingerprint density at radius 1 is 1.23 bits per heavy atom. The number of hydrogen-bond donors (Lipinski definition) is 5. The van der Waals surface area contributed by atoms with Crippen LogP contribution in [-0.2, 0) is 21.6 Å². The van der Waals surface area contributed by atoms with Gasteiger partial charge in [0.2, 0.25) is 11.8 Å². The minimum Gasteiger partial charge on any atom is -0.465 e. The average Bonchev–Trinajstić information content (AvgIpc) is 2.93. The third-order valence-corrected chi connectivity index (χ3v) is 7.54. The van der Waals surface area contributed by atoms with E-state index in [9.17, 15) is 19.5 Å². The van der Waals surface area contributed by atoms with Gasteiger partial charge in [0.25, 0.3) is 0 Å². The van der Waals surface area contributed by atoms with E-state index < -0.39 is 35.4 Å². The Balaban J connectivity index is 1.99. The first-order valence-corrected chi connectivity index (χ1v) is 13.5.